The summed E-state index contributed by atoms with van der Waals surface area (Å²) < 4.78 is 1.84. The average molecular weight is 308 g/mol. The number of anilines is 2. The van der Waals surface area contributed by atoms with Crippen LogP contribution in [0.5, 0.6) is 0 Å². The van der Waals surface area contributed by atoms with Crippen LogP contribution in [0, 0.1) is 6.92 Å². The fraction of sp³-hybridized carbons (Fsp3) is 0.0667. The molecule has 1 N–H and O–H groups in total. The van der Waals surface area contributed by atoms with E-state index < -0.39 is 0 Å². The number of nitrogens with one attached hydrogen (secondary N) is 1. The van der Waals surface area contributed by atoms with E-state index in [0.29, 0.717) is 11.8 Å². The normalized spacial score (nSPS) is 11.0. The lowest BCUT2D eigenvalue weighted by Crippen LogP contribution is -1.97. The van der Waals surface area contributed by atoms with Crippen LogP contribution in [0.4, 0.5) is 11.8 Å². The summed E-state index contributed by atoms with van der Waals surface area (Å²) in [5.74, 6) is 1.22. The molecule has 0 bridgehead atoms. The van der Waals surface area contributed by atoms with Gasteiger partial charge in [-0.3, -0.25) is 0 Å². The number of hydrogen-bond donors (Lipinski definition) is 1. The van der Waals surface area contributed by atoms with Crippen molar-refractivity contribution < 1.29 is 0 Å². The third kappa shape index (κ3) is 2.31. The molecule has 3 aromatic heterocycles. The van der Waals surface area contributed by atoms with Crippen LogP contribution in [-0.4, -0.2) is 24.6 Å². The molecule has 108 valence electrons. The largest absolute Gasteiger partial charge is 0.307 e. The summed E-state index contributed by atoms with van der Waals surface area (Å²) in [7, 11) is 0. The van der Waals surface area contributed by atoms with Crippen molar-refractivity contribution in [3.05, 3.63) is 53.8 Å². The molecule has 4 rings (SSSR count). The number of hydrogen-bond acceptors (Lipinski definition) is 6. The van der Waals surface area contributed by atoms with Gasteiger partial charge in [0.1, 0.15) is 12.1 Å². The molecule has 0 saturated carbocycles. The summed E-state index contributed by atoms with van der Waals surface area (Å²) in [6.07, 6.45) is 1.52. The maximum absolute atomic E-state index is 4.52. The number of aryl methyl sites for hydroxylation is 1. The van der Waals surface area contributed by atoms with Gasteiger partial charge in [-0.1, -0.05) is 30.3 Å². The summed E-state index contributed by atoms with van der Waals surface area (Å²) in [6, 6.07) is 12.0. The van der Waals surface area contributed by atoms with E-state index >= 15 is 0 Å². The van der Waals surface area contributed by atoms with Gasteiger partial charge < -0.3 is 5.32 Å². The molecular formula is C15H12N6S. The summed E-state index contributed by atoms with van der Waals surface area (Å²) in [4.78, 5) is 13.6. The van der Waals surface area contributed by atoms with Gasteiger partial charge in [0.05, 0.1) is 5.69 Å². The van der Waals surface area contributed by atoms with Crippen molar-refractivity contribution in [1.29, 1.82) is 0 Å². The van der Waals surface area contributed by atoms with Gasteiger partial charge in [-0.05, 0) is 6.92 Å². The van der Waals surface area contributed by atoms with E-state index in [1.165, 1.54) is 6.33 Å². The third-order valence-corrected chi connectivity index (χ3v) is 4.01. The molecule has 0 spiro atoms. The zero-order valence-corrected chi connectivity index (χ0v) is 12.6. The Morgan fingerprint density at radius 1 is 1.14 bits per heavy atom. The number of rotatable bonds is 3. The van der Waals surface area contributed by atoms with Gasteiger partial charge in [-0.2, -0.15) is 4.98 Å². The topological polar surface area (TPSA) is 68.0 Å². The minimum Gasteiger partial charge on any atom is -0.307 e. The highest BCUT2D eigenvalue weighted by Crippen LogP contribution is 2.26. The molecule has 0 saturated heterocycles. The van der Waals surface area contributed by atoms with Crippen molar-refractivity contribution in [3.8, 4) is 11.3 Å². The number of fused-ring (bicyclic) bond motifs is 1. The second-order valence-corrected chi connectivity index (χ2v) is 5.62. The zero-order valence-electron chi connectivity index (χ0n) is 11.8. The second-order valence-electron chi connectivity index (χ2n) is 4.79. The molecule has 1 aromatic carbocycles. The first-order valence-electron chi connectivity index (χ1n) is 6.75. The summed E-state index contributed by atoms with van der Waals surface area (Å²) in [5, 5.41) is 9.69. The minimum absolute atomic E-state index is 0.530. The fourth-order valence-electron chi connectivity index (χ4n) is 2.18. The molecule has 0 radical (unpaired) electrons. The summed E-state index contributed by atoms with van der Waals surface area (Å²) >= 11 is 1.56. The lowest BCUT2D eigenvalue weighted by molar-refractivity contribution is 0.985. The standard InChI is InChI=1S/C15H12N6S/c1-10-7-13(17-9-16-10)18-14-19-15-21(20-14)12(8-22-15)11-5-3-2-4-6-11/h2-9H,1H3,(H,16,17,18,20). The van der Waals surface area contributed by atoms with E-state index in [1.807, 2.05) is 35.7 Å². The van der Waals surface area contributed by atoms with Crippen molar-refractivity contribution in [2.75, 3.05) is 5.32 Å². The Morgan fingerprint density at radius 2 is 2.00 bits per heavy atom. The number of nitrogens with zero attached hydrogens (tertiary/aromatic N) is 5. The maximum atomic E-state index is 4.52. The van der Waals surface area contributed by atoms with E-state index in [1.54, 1.807) is 11.3 Å². The molecule has 0 aliphatic heterocycles. The molecule has 0 fully saturated rings. The third-order valence-electron chi connectivity index (χ3n) is 3.19. The Labute approximate surface area is 130 Å². The molecule has 7 heteroatoms. The lowest BCUT2D eigenvalue weighted by Gasteiger charge is -2.00. The van der Waals surface area contributed by atoms with E-state index in [0.717, 1.165) is 21.9 Å². The predicted octanol–water partition coefficient (Wildman–Crippen LogP) is 3.30. The van der Waals surface area contributed by atoms with Gasteiger partial charge in [0.2, 0.25) is 10.9 Å². The van der Waals surface area contributed by atoms with E-state index in [9.17, 15) is 0 Å². The first-order chi connectivity index (χ1) is 10.8. The van der Waals surface area contributed by atoms with Crippen molar-refractivity contribution >= 4 is 28.1 Å². The highest BCUT2D eigenvalue weighted by molar-refractivity contribution is 7.15. The SMILES string of the molecule is Cc1cc(Nc2nc3scc(-c4ccccc4)n3n2)ncn1. The molecular weight excluding hydrogens is 296 g/mol. The van der Waals surface area contributed by atoms with Gasteiger partial charge >= 0.3 is 0 Å². The number of thiazole rings is 1. The van der Waals surface area contributed by atoms with E-state index in [4.69, 9.17) is 0 Å². The van der Waals surface area contributed by atoms with Crippen molar-refractivity contribution in [3.63, 3.8) is 0 Å². The van der Waals surface area contributed by atoms with Gasteiger partial charge in [-0.25, -0.2) is 14.5 Å². The fourth-order valence-corrected chi connectivity index (χ4v) is 3.01. The monoisotopic (exact) mass is 308 g/mol. The summed E-state index contributed by atoms with van der Waals surface area (Å²) in [5.41, 5.74) is 3.03. The Kier molecular flexibility index (Phi) is 3.05. The van der Waals surface area contributed by atoms with Crippen LogP contribution in [-0.2, 0) is 0 Å². The molecule has 4 aromatic rings. The molecule has 0 aliphatic rings. The molecule has 0 aliphatic carbocycles. The predicted molar refractivity (Wildman–Crippen MR) is 86.4 cm³/mol. The molecule has 0 unspecified atom stereocenters. The molecule has 0 amide bonds. The van der Waals surface area contributed by atoms with Crippen LogP contribution < -0.4 is 5.32 Å². The van der Waals surface area contributed by atoms with Crippen LogP contribution in [0.3, 0.4) is 0 Å². The Morgan fingerprint density at radius 3 is 2.82 bits per heavy atom. The Hall–Kier alpha value is -2.80. The van der Waals surface area contributed by atoms with E-state index in [-0.39, 0.29) is 0 Å². The van der Waals surface area contributed by atoms with Crippen LogP contribution in [0.15, 0.2) is 48.1 Å². The minimum atomic E-state index is 0.530. The van der Waals surface area contributed by atoms with Crippen molar-refractivity contribution in [1.82, 2.24) is 24.6 Å². The molecule has 0 atom stereocenters. The van der Waals surface area contributed by atoms with Gasteiger partial charge in [-0.15, -0.1) is 16.4 Å². The van der Waals surface area contributed by atoms with Crippen LogP contribution in [0.2, 0.25) is 0 Å². The van der Waals surface area contributed by atoms with Crippen LogP contribution in [0.1, 0.15) is 5.69 Å². The van der Waals surface area contributed by atoms with E-state index in [2.05, 4.69) is 42.9 Å². The van der Waals surface area contributed by atoms with Gasteiger partial charge in [0.25, 0.3) is 0 Å². The second kappa shape index (κ2) is 5.19. The Bertz CT molecular complexity index is 928. The van der Waals surface area contributed by atoms with Gasteiger partial charge in [0.15, 0.2) is 0 Å². The Balaban J connectivity index is 1.71. The number of benzene rings is 1. The quantitative estimate of drug-likeness (QED) is 0.629. The smallest absolute Gasteiger partial charge is 0.249 e. The average Bonchev–Trinajstić information content (AvgIpc) is 3.08. The van der Waals surface area contributed by atoms with Gasteiger partial charge in [0, 0.05) is 22.7 Å². The zero-order chi connectivity index (χ0) is 14.9. The highest BCUT2D eigenvalue weighted by Gasteiger charge is 2.11. The summed E-state index contributed by atoms with van der Waals surface area (Å²) in [6.45, 7) is 1.92. The first-order valence-corrected chi connectivity index (χ1v) is 7.63. The molecule has 6 nitrogen and oxygen atoms in total. The van der Waals surface area contributed by atoms with Crippen molar-refractivity contribution in [2.24, 2.45) is 0 Å². The first kappa shape index (κ1) is 12.9. The maximum Gasteiger partial charge on any atom is 0.249 e. The highest BCUT2D eigenvalue weighted by atomic mass is 32.1. The molecule has 3 heterocycles. The van der Waals surface area contributed by atoms with Crippen LogP contribution in [0.25, 0.3) is 16.2 Å². The van der Waals surface area contributed by atoms with Crippen molar-refractivity contribution in [2.45, 2.75) is 6.92 Å². The molecule has 22 heavy (non-hydrogen) atoms. The number of aromatic nitrogens is 5. The van der Waals surface area contributed by atoms with Crippen LogP contribution >= 0.6 is 11.3 Å². The lowest BCUT2D eigenvalue weighted by atomic mass is 10.2.